The molecule has 2 rings (SSSR count). The molecule has 2 N–H and O–H groups in total. The predicted octanol–water partition coefficient (Wildman–Crippen LogP) is 4.92. The van der Waals surface area contributed by atoms with Gasteiger partial charge in [-0.25, -0.2) is 4.39 Å². The summed E-state index contributed by atoms with van der Waals surface area (Å²) in [6.07, 6.45) is 0. The van der Waals surface area contributed by atoms with Crippen molar-refractivity contribution in [1.29, 1.82) is 0 Å². The Kier molecular flexibility index (Phi) is 3.78. The zero-order chi connectivity index (χ0) is 13.3. The maximum absolute atomic E-state index is 13.2. The van der Waals surface area contributed by atoms with E-state index in [9.17, 15) is 4.39 Å². The van der Waals surface area contributed by atoms with Gasteiger partial charge in [0.1, 0.15) is 11.6 Å². The van der Waals surface area contributed by atoms with Crippen LogP contribution in [0.15, 0.2) is 34.8 Å². The molecule has 94 valence electrons. The Hall–Kier alpha value is -1.26. The molecule has 5 heteroatoms. The quantitative estimate of drug-likeness (QED) is 0.793. The molecular formula is C13H10BrClFNO. The minimum Gasteiger partial charge on any atom is -0.454 e. The van der Waals surface area contributed by atoms with E-state index in [4.69, 9.17) is 22.1 Å². The van der Waals surface area contributed by atoms with Gasteiger partial charge >= 0.3 is 0 Å². The smallest absolute Gasteiger partial charge is 0.151 e. The van der Waals surface area contributed by atoms with Crippen LogP contribution in [0.2, 0.25) is 5.02 Å². The van der Waals surface area contributed by atoms with Crippen molar-refractivity contribution in [2.24, 2.45) is 0 Å². The number of ether oxygens (including phenoxy) is 1. The van der Waals surface area contributed by atoms with E-state index in [0.29, 0.717) is 16.5 Å². The fraction of sp³-hybridized carbons (Fsp3) is 0.0769. The van der Waals surface area contributed by atoms with Crippen LogP contribution >= 0.6 is 27.5 Å². The van der Waals surface area contributed by atoms with Gasteiger partial charge in [-0.2, -0.15) is 0 Å². The van der Waals surface area contributed by atoms with E-state index in [-0.39, 0.29) is 10.2 Å². The van der Waals surface area contributed by atoms with Crippen LogP contribution in [0.1, 0.15) is 5.56 Å². The van der Waals surface area contributed by atoms with Crippen molar-refractivity contribution in [2.75, 3.05) is 5.73 Å². The highest BCUT2D eigenvalue weighted by molar-refractivity contribution is 9.10. The zero-order valence-corrected chi connectivity index (χ0v) is 11.8. The van der Waals surface area contributed by atoms with Crippen molar-refractivity contribution in [2.45, 2.75) is 6.92 Å². The van der Waals surface area contributed by atoms with Crippen LogP contribution in [0.5, 0.6) is 11.5 Å². The Balaban J connectivity index is 2.37. The largest absolute Gasteiger partial charge is 0.454 e. The summed E-state index contributed by atoms with van der Waals surface area (Å²) in [6.45, 7) is 1.93. The van der Waals surface area contributed by atoms with Crippen molar-refractivity contribution < 1.29 is 9.13 Å². The Labute approximate surface area is 118 Å². The van der Waals surface area contributed by atoms with Crippen molar-refractivity contribution in [1.82, 2.24) is 0 Å². The Morgan fingerprint density at radius 1 is 1.22 bits per heavy atom. The second-order valence-electron chi connectivity index (χ2n) is 3.84. The third-order valence-electron chi connectivity index (χ3n) is 2.36. The summed E-state index contributed by atoms with van der Waals surface area (Å²) < 4.78 is 19.1. The van der Waals surface area contributed by atoms with E-state index in [1.807, 2.05) is 13.0 Å². The number of benzene rings is 2. The molecule has 0 aliphatic carbocycles. The van der Waals surface area contributed by atoms with E-state index < -0.39 is 5.82 Å². The number of hydrogen-bond acceptors (Lipinski definition) is 2. The standard InChI is InChI=1S/C13H10BrClFNO/c1-7-2-3-12(9(15)4-7)18-13-5-8(14)10(16)6-11(13)17/h2-6H,17H2,1H3. The minimum atomic E-state index is -0.435. The third-order valence-corrected chi connectivity index (χ3v) is 3.26. The number of nitrogens with two attached hydrogens (primary N) is 1. The van der Waals surface area contributed by atoms with Gasteiger partial charge < -0.3 is 10.5 Å². The molecule has 0 aliphatic rings. The molecule has 0 aliphatic heterocycles. The molecule has 0 atom stereocenters. The summed E-state index contributed by atoms with van der Waals surface area (Å²) in [6, 6.07) is 8.07. The first kappa shape index (κ1) is 13.2. The van der Waals surface area contributed by atoms with Gasteiger partial charge in [0.25, 0.3) is 0 Å². The van der Waals surface area contributed by atoms with Crippen LogP contribution in [0, 0.1) is 12.7 Å². The Bertz CT molecular complexity index is 604. The molecule has 0 fully saturated rings. The van der Waals surface area contributed by atoms with Gasteiger partial charge in [0, 0.05) is 12.1 Å². The molecule has 0 amide bonds. The van der Waals surface area contributed by atoms with E-state index in [2.05, 4.69) is 15.9 Å². The first-order valence-corrected chi connectivity index (χ1v) is 6.33. The average Bonchev–Trinajstić information content (AvgIpc) is 2.29. The molecule has 0 saturated heterocycles. The number of anilines is 1. The molecule has 2 nitrogen and oxygen atoms in total. The van der Waals surface area contributed by atoms with Crippen molar-refractivity contribution in [3.8, 4) is 11.5 Å². The van der Waals surface area contributed by atoms with Crippen LogP contribution in [0.4, 0.5) is 10.1 Å². The van der Waals surface area contributed by atoms with Gasteiger partial charge in [-0.05, 0) is 40.5 Å². The number of aryl methyl sites for hydroxylation is 1. The molecule has 18 heavy (non-hydrogen) atoms. The number of halogens is 3. The maximum atomic E-state index is 13.2. The topological polar surface area (TPSA) is 35.2 Å². The molecular weight excluding hydrogens is 321 g/mol. The number of hydrogen-bond donors (Lipinski definition) is 1. The van der Waals surface area contributed by atoms with Crippen LogP contribution in [0.25, 0.3) is 0 Å². The van der Waals surface area contributed by atoms with E-state index >= 15 is 0 Å². The zero-order valence-electron chi connectivity index (χ0n) is 9.51. The molecule has 0 unspecified atom stereocenters. The summed E-state index contributed by atoms with van der Waals surface area (Å²) in [5.41, 5.74) is 6.93. The van der Waals surface area contributed by atoms with Crippen LogP contribution in [0.3, 0.4) is 0 Å². The lowest BCUT2D eigenvalue weighted by Crippen LogP contribution is -1.94. The van der Waals surface area contributed by atoms with Gasteiger partial charge in [-0.1, -0.05) is 17.7 Å². The number of nitrogen functional groups attached to an aromatic ring is 1. The minimum absolute atomic E-state index is 0.215. The summed E-state index contributed by atoms with van der Waals surface area (Å²) >= 11 is 9.13. The van der Waals surface area contributed by atoms with Gasteiger partial charge in [-0.3, -0.25) is 0 Å². The lowest BCUT2D eigenvalue weighted by Gasteiger charge is -2.11. The Morgan fingerprint density at radius 3 is 2.61 bits per heavy atom. The van der Waals surface area contributed by atoms with Gasteiger partial charge in [0.05, 0.1) is 15.2 Å². The summed E-state index contributed by atoms with van der Waals surface area (Å²) in [7, 11) is 0. The van der Waals surface area contributed by atoms with Gasteiger partial charge in [-0.15, -0.1) is 0 Å². The van der Waals surface area contributed by atoms with Crippen molar-refractivity contribution in [3.63, 3.8) is 0 Å². The molecule has 0 radical (unpaired) electrons. The van der Waals surface area contributed by atoms with E-state index in [1.54, 1.807) is 12.1 Å². The molecule has 0 spiro atoms. The van der Waals surface area contributed by atoms with Crippen LogP contribution < -0.4 is 10.5 Å². The third kappa shape index (κ3) is 2.76. The first-order chi connectivity index (χ1) is 8.47. The lowest BCUT2D eigenvalue weighted by molar-refractivity contribution is 0.482. The number of rotatable bonds is 2. The highest BCUT2D eigenvalue weighted by Gasteiger charge is 2.10. The highest BCUT2D eigenvalue weighted by atomic mass is 79.9. The lowest BCUT2D eigenvalue weighted by atomic mass is 10.2. The van der Waals surface area contributed by atoms with Gasteiger partial charge in [0.2, 0.25) is 0 Å². The Morgan fingerprint density at radius 2 is 1.94 bits per heavy atom. The SMILES string of the molecule is Cc1ccc(Oc2cc(Br)c(F)cc2N)c(Cl)c1. The molecule has 0 saturated carbocycles. The highest BCUT2D eigenvalue weighted by Crippen LogP contribution is 2.35. The summed E-state index contributed by atoms with van der Waals surface area (Å²) in [5.74, 6) is 0.399. The maximum Gasteiger partial charge on any atom is 0.151 e. The second-order valence-corrected chi connectivity index (χ2v) is 5.10. The van der Waals surface area contributed by atoms with Gasteiger partial charge in [0.15, 0.2) is 5.75 Å². The first-order valence-electron chi connectivity index (χ1n) is 5.16. The molecule has 0 heterocycles. The van der Waals surface area contributed by atoms with Crippen molar-refractivity contribution >= 4 is 33.2 Å². The molecule has 2 aromatic rings. The normalized spacial score (nSPS) is 10.4. The molecule has 0 bridgehead atoms. The molecule has 2 aromatic carbocycles. The second kappa shape index (κ2) is 5.16. The fourth-order valence-corrected chi connectivity index (χ4v) is 2.04. The van der Waals surface area contributed by atoms with Crippen LogP contribution in [-0.4, -0.2) is 0 Å². The summed E-state index contributed by atoms with van der Waals surface area (Å²) in [4.78, 5) is 0. The monoisotopic (exact) mass is 329 g/mol. The predicted molar refractivity (Wildman–Crippen MR) is 74.8 cm³/mol. The van der Waals surface area contributed by atoms with Crippen LogP contribution in [-0.2, 0) is 0 Å². The van der Waals surface area contributed by atoms with E-state index in [0.717, 1.165) is 5.56 Å². The summed E-state index contributed by atoms with van der Waals surface area (Å²) in [5, 5.41) is 0.481. The van der Waals surface area contributed by atoms with E-state index in [1.165, 1.54) is 12.1 Å². The van der Waals surface area contributed by atoms with Crippen molar-refractivity contribution in [3.05, 3.63) is 51.2 Å². The fourth-order valence-electron chi connectivity index (χ4n) is 1.44. The average molecular weight is 331 g/mol. The molecule has 0 aromatic heterocycles.